The molecule has 0 spiro atoms. The van der Waals surface area contributed by atoms with Gasteiger partial charge in [0.2, 0.25) is 0 Å². The molecular weight excluding hydrogens is 214 g/mol. The first kappa shape index (κ1) is 11.8. The van der Waals surface area contributed by atoms with Gasteiger partial charge in [0, 0.05) is 36.9 Å². The highest BCUT2D eigenvalue weighted by Gasteiger charge is 2.11. The van der Waals surface area contributed by atoms with E-state index >= 15 is 0 Å². The zero-order valence-corrected chi connectivity index (χ0v) is 10.2. The van der Waals surface area contributed by atoms with Crippen molar-refractivity contribution in [1.29, 1.82) is 0 Å². The molecule has 2 aromatic heterocycles. The zero-order valence-electron chi connectivity index (χ0n) is 10.2. The van der Waals surface area contributed by atoms with E-state index in [-0.39, 0.29) is 0 Å². The SMILES string of the molecule is Cc1ccncc1C(O)CCc1ccnn1C. The molecule has 0 amide bonds. The van der Waals surface area contributed by atoms with Gasteiger partial charge in [0.1, 0.15) is 0 Å². The Morgan fingerprint density at radius 2 is 2.18 bits per heavy atom. The quantitative estimate of drug-likeness (QED) is 0.872. The van der Waals surface area contributed by atoms with Gasteiger partial charge in [0.05, 0.1) is 6.10 Å². The summed E-state index contributed by atoms with van der Waals surface area (Å²) in [5.41, 5.74) is 3.12. The molecule has 0 aliphatic carbocycles. The van der Waals surface area contributed by atoms with E-state index in [9.17, 15) is 5.11 Å². The van der Waals surface area contributed by atoms with E-state index in [0.717, 1.165) is 23.2 Å². The van der Waals surface area contributed by atoms with Crippen molar-refractivity contribution in [2.75, 3.05) is 0 Å². The fraction of sp³-hybridized carbons (Fsp3) is 0.385. The van der Waals surface area contributed by atoms with Crippen LogP contribution in [-0.2, 0) is 13.5 Å². The molecule has 0 radical (unpaired) electrons. The summed E-state index contributed by atoms with van der Waals surface area (Å²) in [5, 5.41) is 14.2. The largest absolute Gasteiger partial charge is 0.388 e. The molecular formula is C13H17N3O. The molecule has 17 heavy (non-hydrogen) atoms. The third kappa shape index (κ3) is 2.71. The van der Waals surface area contributed by atoms with Gasteiger partial charge in [-0.05, 0) is 37.5 Å². The average Bonchev–Trinajstić information content (AvgIpc) is 2.72. The van der Waals surface area contributed by atoms with Crippen LogP contribution in [0.1, 0.15) is 29.3 Å². The second-order valence-electron chi connectivity index (χ2n) is 4.23. The van der Waals surface area contributed by atoms with Crippen LogP contribution in [-0.4, -0.2) is 19.9 Å². The van der Waals surface area contributed by atoms with Crippen molar-refractivity contribution in [3.05, 3.63) is 47.5 Å². The maximum Gasteiger partial charge on any atom is 0.0811 e. The monoisotopic (exact) mass is 231 g/mol. The summed E-state index contributed by atoms with van der Waals surface area (Å²) in [5.74, 6) is 0. The Morgan fingerprint density at radius 1 is 1.35 bits per heavy atom. The van der Waals surface area contributed by atoms with E-state index < -0.39 is 6.10 Å². The van der Waals surface area contributed by atoms with Crippen LogP contribution in [0, 0.1) is 6.92 Å². The molecule has 0 bridgehead atoms. The van der Waals surface area contributed by atoms with Gasteiger partial charge < -0.3 is 5.11 Å². The summed E-state index contributed by atoms with van der Waals surface area (Å²) >= 11 is 0. The number of aliphatic hydroxyl groups is 1. The number of hydrogen-bond donors (Lipinski definition) is 1. The van der Waals surface area contributed by atoms with E-state index in [2.05, 4.69) is 10.1 Å². The Balaban J connectivity index is 2.01. The van der Waals surface area contributed by atoms with Crippen molar-refractivity contribution >= 4 is 0 Å². The second kappa shape index (κ2) is 5.10. The van der Waals surface area contributed by atoms with Crippen molar-refractivity contribution in [1.82, 2.24) is 14.8 Å². The van der Waals surface area contributed by atoms with Crippen molar-refractivity contribution < 1.29 is 5.11 Å². The predicted molar refractivity (Wildman–Crippen MR) is 65.5 cm³/mol. The lowest BCUT2D eigenvalue weighted by atomic mass is 10.0. The van der Waals surface area contributed by atoms with Gasteiger partial charge in [-0.25, -0.2) is 0 Å². The first-order valence-electron chi connectivity index (χ1n) is 5.74. The van der Waals surface area contributed by atoms with Crippen LogP contribution < -0.4 is 0 Å². The van der Waals surface area contributed by atoms with Crippen molar-refractivity contribution in [2.45, 2.75) is 25.9 Å². The van der Waals surface area contributed by atoms with Crippen LogP contribution in [0.25, 0.3) is 0 Å². The van der Waals surface area contributed by atoms with E-state index in [1.165, 1.54) is 0 Å². The molecule has 0 aliphatic rings. The van der Waals surface area contributed by atoms with Crippen molar-refractivity contribution in [3.63, 3.8) is 0 Å². The van der Waals surface area contributed by atoms with Crippen LogP contribution in [0.3, 0.4) is 0 Å². The average molecular weight is 231 g/mol. The fourth-order valence-corrected chi connectivity index (χ4v) is 1.91. The molecule has 4 nitrogen and oxygen atoms in total. The minimum absolute atomic E-state index is 0.460. The van der Waals surface area contributed by atoms with E-state index in [0.29, 0.717) is 6.42 Å². The highest BCUT2D eigenvalue weighted by atomic mass is 16.3. The summed E-state index contributed by atoms with van der Waals surface area (Å²) < 4.78 is 1.84. The molecule has 0 fully saturated rings. The lowest BCUT2D eigenvalue weighted by molar-refractivity contribution is 0.166. The molecule has 0 aliphatic heterocycles. The molecule has 0 saturated carbocycles. The molecule has 90 valence electrons. The third-order valence-corrected chi connectivity index (χ3v) is 3.03. The molecule has 0 saturated heterocycles. The molecule has 2 rings (SSSR count). The Labute approximate surface area is 101 Å². The van der Waals surface area contributed by atoms with Gasteiger partial charge in [-0.15, -0.1) is 0 Å². The van der Waals surface area contributed by atoms with Crippen LogP contribution >= 0.6 is 0 Å². The molecule has 4 heteroatoms. The molecule has 1 atom stereocenters. The first-order valence-corrected chi connectivity index (χ1v) is 5.74. The van der Waals surface area contributed by atoms with Gasteiger partial charge in [0.25, 0.3) is 0 Å². The normalized spacial score (nSPS) is 12.6. The van der Waals surface area contributed by atoms with Gasteiger partial charge in [-0.3, -0.25) is 9.67 Å². The topological polar surface area (TPSA) is 50.9 Å². The minimum atomic E-state index is -0.460. The number of nitrogens with zero attached hydrogens (tertiary/aromatic N) is 3. The van der Waals surface area contributed by atoms with E-state index in [1.807, 2.05) is 30.8 Å². The van der Waals surface area contributed by atoms with E-state index in [4.69, 9.17) is 0 Å². The lowest BCUT2D eigenvalue weighted by Gasteiger charge is -2.12. The second-order valence-corrected chi connectivity index (χ2v) is 4.23. The van der Waals surface area contributed by atoms with Crippen molar-refractivity contribution in [2.24, 2.45) is 7.05 Å². The summed E-state index contributed by atoms with van der Waals surface area (Å²) in [7, 11) is 1.91. The summed E-state index contributed by atoms with van der Waals surface area (Å²) in [4.78, 5) is 4.05. The molecule has 1 N–H and O–H groups in total. The van der Waals surface area contributed by atoms with Gasteiger partial charge in [-0.1, -0.05) is 0 Å². The Morgan fingerprint density at radius 3 is 2.82 bits per heavy atom. The highest BCUT2D eigenvalue weighted by Crippen LogP contribution is 2.20. The van der Waals surface area contributed by atoms with E-state index in [1.54, 1.807) is 18.6 Å². The number of rotatable bonds is 4. The summed E-state index contributed by atoms with van der Waals surface area (Å²) in [6.07, 6.45) is 6.30. The smallest absolute Gasteiger partial charge is 0.0811 e. The van der Waals surface area contributed by atoms with Crippen LogP contribution in [0.5, 0.6) is 0 Å². The molecule has 1 unspecified atom stereocenters. The van der Waals surface area contributed by atoms with Crippen LogP contribution in [0.4, 0.5) is 0 Å². The van der Waals surface area contributed by atoms with Gasteiger partial charge in [0.15, 0.2) is 0 Å². The summed E-state index contributed by atoms with van der Waals surface area (Å²) in [6.45, 7) is 1.99. The first-order chi connectivity index (χ1) is 8.18. The Hall–Kier alpha value is -1.68. The van der Waals surface area contributed by atoms with Gasteiger partial charge in [-0.2, -0.15) is 5.10 Å². The predicted octanol–water partition coefficient (Wildman–Crippen LogP) is 1.79. The van der Waals surface area contributed by atoms with Crippen molar-refractivity contribution in [3.8, 4) is 0 Å². The molecule has 2 aromatic rings. The zero-order chi connectivity index (χ0) is 12.3. The maximum atomic E-state index is 10.1. The Bertz CT molecular complexity index is 493. The van der Waals surface area contributed by atoms with Crippen LogP contribution in [0.2, 0.25) is 0 Å². The van der Waals surface area contributed by atoms with Crippen LogP contribution in [0.15, 0.2) is 30.7 Å². The number of aromatic nitrogens is 3. The number of pyridine rings is 1. The highest BCUT2D eigenvalue weighted by molar-refractivity contribution is 5.23. The maximum absolute atomic E-state index is 10.1. The minimum Gasteiger partial charge on any atom is -0.388 e. The number of aliphatic hydroxyl groups excluding tert-OH is 1. The summed E-state index contributed by atoms with van der Waals surface area (Å²) in [6, 6.07) is 3.89. The number of hydrogen-bond acceptors (Lipinski definition) is 3. The number of aryl methyl sites for hydroxylation is 3. The fourth-order valence-electron chi connectivity index (χ4n) is 1.91. The standard InChI is InChI=1S/C13H17N3O/c1-10-5-7-14-9-12(10)13(17)4-3-11-6-8-15-16(11)2/h5-9,13,17H,3-4H2,1-2H3. The third-order valence-electron chi connectivity index (χ3n) is 3.03. The molecule has 2 heterocycles. The Kier molecular flexibility index (Phi) is 3.54. The van der Waals surface area contributed by atoms with Gasteiger partial charge >= 0.3 is 0 Å². The molecule has 0 aromatic carbocycles. The lowest BCUT2D eigenvalue weighted by Crippen LogP contribution is -2.05.